The predicted molar refractivity (Wildman–Crippen MR) is 70.9 cm³/mol. The van der Waals surface area contributed by atoms with Gasteiger partial charge in [0.05, 0.1) is 11.1 Å². The molecule has 1 atom stereocenters. The van der Waals surface area contributed by atoms with Gasteiger partial charge in [-0.2, -0.15) is 0 Å². The molecule has 0 N–H and O–H groups in total. The maximum Gasteiger partial charge on any atom is 0.137 e. The first-order valence-corrected chi connectivity index (χ1v) is 7.10. The van der Waals surface area contributed by atoms with E-state index in [2.05, 4.69) is 22.9 Å². The molecule has 0 aromatic heterocycles. The van der Waals surface area contributed by atoms with E-state index in [1.165, 1.54) is 25.7 Å². The van der Waals surface area contributed by atoms with Gasteiger partial charge in [0.15, 0.2) is 0 Å². The van der Waals surface area contributed by atoms with E-state index < -0.39 is 0 Å². The van der Waals surface area contributed by atoms with Gasteiger partial charge in [-0.05, 0) is 52.4 Å². The minimum atomic E-state index is -0.193. The first kappa shape index (κ1) is 12.9. The topological polar surface area (TPSA) is 9.23 Å². The Morgan fingerprint density at radius 2 is 2.24 bits per heavy atom. The average Bonchev–Trinajstić information content (AvgIpc) is 2.31. The van der Waals surface area contributed by atoms with Gasteiger partial charge in [0, 0.05) is 0 Å². The average molecular weight is 301 g/mol. The Kier molecular flexibility index (Phi) is 4.43. The largest absolute Gasteiger partial charge is 0.493 e. The zero-order chi connectivity index (χ0) is 12.3. The molecule has 2 rings (SSSR count). The van der Waals surface area contributed by atoms with Crippen molar-refractivity contribution >= 4 is 15.9 Å². The standard InChI is InChI=1S/C14H18BrFO/c1-2-3-4-5-10-6-11-7-13(16)12(15)8-14(11)17-9-10/h7-8,10H,2-6,9H2,1H3. The number of unbranched alkanes of at least 4 members (excludes halogenated alkanes) is 2. The highest BCUT2D eigenvalue weighted by Crippen LogP contribution is 2.33. The van der Waals surface area contributed by atoms with Crippen LogP contribution < -0.4 is 4.74 Å². The summed E-state index contributed by atoms with van der Waals surface area (Å²) >= 11 is 3.19. The third-order valence-electron chi connectivity index (χ3n) is 3.30. The molecule has 0 fully saturated rings. The third kappa shape index (κ3) is 3.21. The van der Waals surface area contributed by atoms with Crippen LogP contribution in [0.5, 0.6) is 5.75 Å². The van der Waals surface area contributed by atoms with Gasteiger partial charge >= 0.3 is 0 Å². The van der Waals surface area contributed by atoms with Crippen LogP contribution in [0, 0.1) is 11.7 Å². The summed E-state index contributed by atoms with van der Waals surface area (Å²) in [5.74, 6) is 1.20. The molecule has 1 heterocycles. The summed E-state index contributed by atoms with van der Waals surface area (Å²) in [4.78, 5) is 0. The van der Waals surface area contributed by atoms with Crippen LogP contribution in [0.25, 0.3) is 0 Å². The summed E-state index contributed by atoms with van der Waals surface area (Å²) in [5.41, 5.74) is 1.01. The van der Waals surface area contributed by atoms with E-state index >= 15 is 0 Å². The summed E-state index contributed by atoms with van der Waals surface area (Å²) in [6.45, 7) is 2.98. The van der Waals surface area contributed by atoms with Crippen molar-refractivity contribution in [1.29, 1.82) is 0 Å². The maximum atomic E-state index is 13.4. The molecule has 0 spiro atoms. The lowest BCUT2D eigenvalue weighted by atomic mass is 9.92. The van der Waals surface area contributed by atoms with E-state index in [1.54, 1.807) is 12.1 Å². The smallest absolute Gasteiger partial charge is 0.137 e. The van der Waals surface area contributed by atoms with Gasteiger partial charge in [-0.1, -0.05) is 26.2 Å². The molecule has 1 aliphatic heterocycles. The van der Waals surface area contributed by atoms with Crippen LogP contribution in [-0.2, 0) is 6.42 Å². The van der Waals surface area contributed by atoms with Gasteiger partial charge in [0.1, 0.15) is 11.6 Å². The molecule has 0 saturated carbocycles. The molecule has 0 radical (unpaired) electrons. The second kappa shape index (κ2) is 5.85. The summed E-state index contributed by atoms with van der Waals surface area (Å²) < 4.78 is 19.6. The third-order valence-corrected chi connectivity index (χ3v) is 3.91. The molecule has 1 unspecified atom stereocenters. The summed E-state index contributed by atoms with van der Waals surface area (Å²) in [5, 5.41) is 0. The van der Waals surface area contributed by atoms with E-state index in [9.17, 15) is 4.39 Å². The molecule has 0 saturated heterocycles. The van der Waals surface area contributed by atoms with Gasteiger partial charge in [0.2, 0.25) is 0 Å². The second-order valence-corrected chi connectivity index (χ2v) is 5.61. The molecule has 0 aliphatic carbocycles. The summed E-state index contributed by atoms with van der Waals surface area (Å²) in [6.07, 6.45) is 5.90. The summed E-state index contributed by atoms with van der Waals surface area (Å²) in [7, 11) is 0. The molecule has 94 valence electrons. The zero-order valence-corrected chi connectivity index (χ0v) is 11.7. The van der Waals surface area contributed by atoms with Crippen molar-refractivity contribution in [3.05, 3.63) is 28.0 Å². The molecule has 0 bridgehead atoms. The van der Waals surface area contributed by atoms with Gasteiger partial charge in [-0.25, -0.2) is 4.39 Å². The molecule has 3 heteroatoms. The van der Waals surface area contributed by atoms with E-state index in [4.69, 9.17) is 4.74 Å². The molecule has 1 aliphatic rings. The van der Waals surface area contributed by atoms with Crippen molar-refractivity contribution in [3.8, 4) is 5.75 Å². The van der Waals surface area contributed by atoms with Gasteiger partial charge in [-0.15, -0.1) is 0 Å². The van der Waals surface area contributed by atoms with Crippen molar-refractivity contribution in [2.24, 2.45) is 5.92 Å². The van der Waals surface area contributed by atoms with Crippen LogP contribution in [0.2, 0.25) is 0 Å². The molecular formula is C14H18BrFO. The molecule has 1 aromatic rings. The Morgan fingerprint density at radius 1 is 1.41 bits per heavy atom. The molecular weight excluding hydrogens is 283 g/mol. The Bertz CT molecular complexity index is 392. The van der Waals surface area contributed by atoms with Crippen molar-refractivity contribution < 1.29 is 9.13 Å². The van der Waals surface area contributed by atoms with Crippen LogP contribution >= 0.6 is 15.9 Å². The number of halogens is 2. The Labute approximate surface area is 110 Å². The lowest BCUT2D eigenvalue weighted by Gasteiger charge is -2.25. The fourth-order valence-electron chi connectivity index (χ4n) is 2.31. The number of fused-ring (bicyclic) bond motifs is 1. The monoisotopic (exact) mass is 300 g/mol. The van der Waals surface area contributed by atoms with E-state index in [-0.39, 0.29) is 5.82 Å². The van der Waals surface area contributed by atoms with Crippen molar-refractivity contribution in [2.75, 3.05) is 6.61 Å². The fourth-order valence-corrected chi connectivity index (χ4v) is 2.63. The van der Waals surface area contributed by atoms with Crippen molar-refractivity contribution in [2.45, 2.75) is 39.0 Å². The minimum Gasteiger partial charge on any atom is -0.493 e. The van der Waals surface area contributed by atoms with Crippen molar-refractivity contribution in [1.82, 2.24) is 0 Å². The Morgan fingerprint density at radius 3 is 3.00 bits per heavy atom. The fraction of sp³-hybridized carbons (Fsp3) is 0.571. The van der Waals surface area contributed by atoms with Gasteiger partial charge in [0.25, 0.3) is 0 Å². The number of hydrogen-bond acceptors (Lipinski definition) is 1. The van der Waals surface area contributed by atoms with E-state index in [0.29, 0.717) is 10.4 Å². The molecule has 1 nitrogen and oxygen atoms in total. The van der Waals surface area contributed by atoms with E-state index in [1.807, 2.05) is 0 Å². The Hall–Kier alpha value is -0.570. The maximum absolute atomic E-state index is 13.4. The number of rotatable bonds is 4. The highest BCUT2D eigenvalue weighted by atomic mass is 79.9. The number of ether oxygens (including phenoxy) is 1. The minimum absolute atomic E-state index is 0.193. The Balaban J connectivity index is 2.00. The lowest BCUT2D eigenvalue weighted by molar-refractivity contribution is 0.210. The van der Waals surface area contributed by atoms with Gasteiger partial charge < -0.3 is 4.74 Å². The first-order chi connectivity index (χ1) is 8.20. The summed E-state index contributed by atoms with van der Waals surface area (Å²) in [6, 6.07) is 3.35. The SMILES string of the molecule is CCCCCC1COc2cc(Br)c(F)cc2C1. The molecule has 1 aromatic carbocycles. The normalized spacial score (nSPS) is 18.6. The van der Waals surface area contributed by atoms with E-state index in [0.717, 1.165) is 24.3 Å². The van der Waals surface area contributed by atoms with Crippen LogP contribution in [0.15, 0.2) is 16.6 Å². The van der Waals surface area contributed by atoms with Crippen molar-refractivity contribution in [3.63, 3.8) is 0 Å². The number of hydrogen-bond donors (Lipinski definition) is 0. The van der Waals surface area contributed by atoms with Crippen LogP contribution in [0.4, 0.5) is 4.39 Å². The number of benzene rings is 1. The lowest BCUT2D eigenvalue weighted by Crippen LogP contribution is -2.21. The zero-order valence-electron chi connectivity index (χ0n) is 10.1. The van der Waals surface area contributed by atoms with Gasteiger partial charge in [-0.3, -0.25) is 0 Å². The van der Waals surface area contributed by atoms with Crippen LogP contribution in [0.3, 0.4) is 0 Å². The van der Waals surface area contributed by atoms with Crippen LogP contribution in [0.1, 0.15) is 38.2 Å². The predicted octanol–water partition coefficient (Wildman–Crippen LogP) is 4.72. The highest BCUT2D eigenvalue weighted by Gasteiger charge is 2.21. The highest BCUT2D eigenvalue weighted by molar-refractivity contribution is 9.10. The molecule has 17 heavy (non-hydrogen) atoms. The van der Waals surface area contributed by atoms with Crippen LogP contribution in [-0.4, -0.2) is 6.61 Å². The first-order valence-electron chi connectivity index (χ1n) is 6.31. The quantitative estimate of drug-likeness (QED) is 0.731. The molecule has 0 amide bonds. The second-order valence-electron chi connectivity index (χ2n) is 4.75.